The van der Waals surface area contributed by atoms with E-state index in [0.29, 0.717) is 23.6 Å². The first-order chi connectivity index (χ1) is 7.45. The van der Waals surface area contributed by atoms with E-state index in [4.69, 9.17) is 5.84 Å². The summed E-state index contributed by atoms with van der Waals surface area (Å²) in [5.41, 5.74) is 2.55. The highest BCUT2D eigenvalue weighted by molar-refractivity contribution is 5.48. The van der Waals surface area contributed by atoms with Crippen molar-refractivity contribution in [2.45, 2.75) is 33.7 Å². The maximum Gasteiger partial charge on any atom is 0.145 e. The van der Waals surface area contributed by atoms with Crippen molar-refractivity contribution < 1.29 is 0 Å². The topological polar surface area (TPSA) is 67.1 Å². The zero-order valence-electron chi connectivity index (χ0n) is 10.7. The lowest BCUT2D eigenvalue weighted by atomic mass is 10.1. The van der Waals surface area contributed by atoms with Gasteiger partial charge in [-0.15, -0.1) is 0 Å². The first-order valence-corrected chi connectivity index (χ1v) is 5.50. The van der Waals surface area contributed by atoms with E-state index in [-0.39, 0.29) is 0 Å². The smallest absolute Gasteiger partial charge is 0.145 e. The molecule has 16 heavy (non-hydrogen) atoms. The molecule has 0 aliphatic carbocycles. The molecule has 0 radical (unpaired) electrons. The minimum atomic E-state index is 0.417. The summed E-state index contributed by atoms with van der Waals surface area (Å²) in [5.74, 6) is 8.18. The minimum Gasteiger partial charge on any atom is -0.357 e. The fourth-order valence-electron chi connectivity index (χ4n) is 1.46. The van der Waals surface area contributed by atoms with Crippen LogP contribution in [0.4, 0.5) is 11.6 Å². The SMILES string of the molecule is Cc1nc(NN)cc(N(C)C(C)C(C)C)n1. The highest BCUT2D eigenvalue weighted by Gasteiger charge is 2.15. The Hall–Kier alpha value is -1.36. The number of nitrogens with two attached hydrogens (primary N) is 1. The summed E-state index contributed by atoms with van der Waals surface area (Å²) in [5, 5.41) is 0. The molecule has 0 saturated carbocycles. The first kappa shape index (κ1) is 12.7. The van der Waals surface area contributed by atoms with Crippen molar-refractivity contribution in [2.75, 3.05) is 17.4 Å². The predicted octanol–water partition coefficient (Wildman–Crippen LogP) is 1.55. The summed E-state index contributed by atoms with van der Waals surface area (Å²) < 4.78 is 0. The van der Waals surface area contributed by atoms with Crippen molar-refractivity contribution in [3.63, 3.8) is 0 Å². The van der Waals surface area contributed by atoms with Gasteiger partial charge in [-0.05, 0) is 19.8 Å². The average Bonchev–Trinajstić information content (AvgIpc) is 2.25. The summed E-state index contributed by atoms with van der Waals surface area (Å²) in [7, 11) is 2.03. The predicted molar refractivity (Wildman–Crippen MR) is 67.3 cm³/mol. The molecular formula is C11H21N5. The van der Waals surface area contributed by atoms with Gasteiger partial charge >= 0.3 is 0 Å². The Balaban J connectivity index is 2.98. The minimum absolute atomic E-state index is 0.417. The van der Waals surface area contributed by atoms with Gasteiger partial charge in [0.1, 0.15) is 17.5 Å². The van der Waals surface area contributed by atoms with Crippen molar-refractivity contribution in [2.24, 2.45) is 11.8 Å². The third kappa shape index (κ3) is 2.82. The Morgan fingerprint density at radius 1 is 1.31 bits per heavy atom. The van der Waals surface area contributed by atoms with Gasteiger partial charge in [0.2, 0.25) is 0 Å². The molecule has 5 heteroatoms. The van der Waals surface area contributed by atoms with Crippen LogP contribution in [0, 0.1) is 12.8 Å². The van der Waals surface area contributed by atoms with Gasteiger partial charge in [-0.1, -0.05) is 13.8 Å². The van der Waals surface area contributed by atoms with Crippen LogP contribution in [0.2, 0.25) is 0 Å². The molecule has 0 fully saturated rings. The van der Waals surface area contributed by atoms with Crippen LogP contribution in [0.15, 0.2) is 6.07 Å². The molecule has 3 N–H and O–H groups in total. The number of nitrogens with zero attached hydrogens (tertiary/aromatic N) is 3. The Morgan fingerprint density at radius 3 is 2.44 bits per heavy atom. The highest BCUT2D eigenvalue weighted by atomic mass is 15.3. The second-order valence-corrected chi connectivity index (χ2v) is 4.40. The molecule has 1 aromatic rings. The number of aromatic nitrogens is 2. The third-order valence-corrected chi connectivity index (χ3v) is 2.91. The quantitative estimate of drug-likeness (QED) is 0.599. The number of hydrazine groups is 1. The number of nitrogen functional groups attached to an aromatic ring is 1. The summed E-state index contributed by atoms with van der Waals surface area (Å²) in [6, 6.07) is 2.27. The van der Waals surface area contributed by atoms with Gasteiger partial charge in [0.15, 0.2) is 0 Å². The van der Waals surface area contributed by atoms with Crippen LogP contribution in [0.5, 0.6) is 0 Å². The normalized spacial score (nSPS) is 12.7. The van der Waals surface area contributed by atoms with E-state index >= 15 is 0 Å². The fraction of sp³-hybridized carbons (Fsp3) is 0.636. The van der Waals surface area contributed by atoms with Crippen molar-refractivity contribution in [3.05, 3.63) is 11.9 Å². The lowest BCUT2D eigenvalue weighted by Gasteiger charge is -2.29. The van der Waals surface area contributed by atoms with Crippen LogP contribution in [0.3, 0.4) is 0 Å². The lowest BCUT2D eigenvalue weighted by molar-refractivity contribution is 0.502. The average molecular weight is 223 g/mol. The fourth-order valence-corrected chi connectivity index (χ4v) is 1.46. The molecule has 0 aliphatic heterocycles. The molecule has 1 aromatic heterocycles. The standard InChI is InChI=1S/C11H21N5/c1-7(2)8(3)16(5)11-6-10(15-12)13-9(4)14-11/h6-8H,12H2,1-5H3,(H,13,14,15). The molecule has 0 aliphatic rings. The molecule has 0 bridgehead atoms. The number of hydrogen-bond donors (Lipinski definition) is 2. The third-order valence-electron chi connectivity index (χ3n) is 2.91. The molecule has 0 amide bonds. The van der Waals surface area contributed by atoms with Crippen LogP contribution >= 0.6 is 0 Å². The molecule has 1 rings (SSSR count). The van der Waals surface area contributed by atoms with Crippen LogP contribution < -0.4 is 16.2 Å². The zero-order valence-corrected chi connectivity index (χ0v) is 10.7. The molecule has 1 unspecified atom stereocenters. The zero-order chi connectivity index (χ0) is 12.3. The molecule has 0 aromatic carbocycles. The number of rotatable bonds is 4. The molecular weight excluding hydrogens is 202 g/mol. The summed E-state index contributed by atoms with van der Waals surface area (Å²) in [4.78, 5) is 10.7. The van der Waals surface area contributed by atoms with E-state index in [9.17, 15) is 0 Å². The van der Waals surface area contributed by atoms with Crippen molar-refractivity contribution in [1.29, 1.82) is 0 Å². The van der Waals surface area contributed by atoms with E-state index in [2.05, 4.69) is 41.1 Å². The van der Waals surface area contributed by atoms with Gasteiger partial charge in [0.05, 0.1) is 0 Å². The second kappa shape index (κ2) is 5.12. The summed E-state index contributed by atoms with van der Waals surface area (Å²) in [6.07, 6.45) is 0. The summed E-state index contributed by atoms with van der Waals surface area (Å²) >= 11 is 0. The number of hydrogen-bond acceptors (Lipinski definition) is 5. The largest absolute Gasteiger partial charge is 0.357 e. The van der Waals surface area contributed by atoms with Gasteiger partial charge in [-0.25, -0.2) is 15.8 Å². The van der Waals surface area contributed by atoms with E-state index in [0.717, 1.165) is 5.82 Å². The number of aryl methyl sites for hydroxylation is 1. The van der Waals surface area contributed by atoms with Gasteiger partial charge < -0.3 is 10.3 Å². The monoisotopic (exact) mass is 223 g/mol. The van der Waals surface area contributed by atoms with E-state index < -0.39 is 0 Å². The Morgan fingerprint density at radius 2 is 1.94 bits per heavy atom. The molecule has 1 atom stereocenters. The molecule has 1 heterocycles. The van der Waals surface area contributed by atoms with Crippen LogP contribution in [0.1, 0.15) is 26.6 Å². The Labute approximate surface area is 97.0 Å². The van der Waals surface area contributed by atoms with E-state index in [1.54, 1.807) is 0 Å². The maximum atomic E-state index is 5.36. The first-order valence-electron chi connectivity index (χ1n) is 5.50. The van der Waals surface area contributed by atoms with Gasteiger partial charge in [-0.2, -0.15) is 0 Å². The van der Waals surface area contributed by atoms with Crippen molar-refractivity contribution in [1.82, 2.24) is 9.97 Å². The number of anilines is 2. The van der Waals surface area contributed by atoms with Crippen molar-refractivity contribution >= 4 is 11.6 Å². The second-order valence-electron chi connectivity index (χ2n) is 4.40. The molecule has 5 nitrogen and oxygen atoms in total. The van der Waals surface area contributed by atoms with Crippen LogP contribution in [0.25, 0.3) is 0 Å². The van der Waals surface area contributed by atoms with Gasteiger partial charge in [0, 0.05) is 19.2 Å². The van der Waals surface area contributed by atoms with E-state index in [1.807, 2.05) is 20.0 Å². The van der Waals surface area contributed by atoms with Crippen LogP contribution in [-0.2, 0) is 0 Å². The van der Waals surface area contributed by atoms with E-state index in [1.165, 1.54) is 0 Å². The summed E-state index contributed by atoms with van der Waals surface area (Å²) in [6.45, 7) is 8.42. The highest BCUT2D eigenvalue weighted by Crippen LogP contribution is 2.19. The Bertz CT molecular complexity index is 350. The Kier molecular flexibility index (Phi) is 4.06. The van der Waals surface area contributed by atoms with Gasteiger partial charge in [0.25, 0.3) is 0 Å². The maximum absolute atomic E-state index is 5.36. The van der Waals surface area contributed by atoms with Gasteiger partial charge in [-0.3, -0.25) is 0 Å². The van der Waals surface area contributed by atoms with Crippen molar-refractivity contribution in [3.8, 4) is 0 Å². The molecule has 0 saturated heterocycles. The molecule has 90 valence electrons. The molecule has 0 spiro atoms. The number of nitrogens with one attached hydrogen (secondary N) is 1. The lowest BCUT2D eigenvalue weighted by Crippen LogP contribution is -2.34. The van der Waals surface area contributed by atoms with Crippen LogP contribution in [-0.4, -0.2) is 23.1 Å².